The van der Waals surface area contributed by atoms with E-state index in [9.17, 15) is 8.42 Å². The van der Waals surface area contributed by atoms with Crippen molar-refractivity contribution in [3.8, 4) is 5.75 Å². The van der Waals surface area contributed by atoms with Gasteiger partial charge in [-0.3, -0.25) is 0 Å². The first kappa shape index (κ1) is 18.0. The van der Waals surface area contributed by atoms with Gasteiger partial charge in [-0.2, -0.15) is 0 Å². The van der Waals surface area contributed by atoms with Crippen LogP contribution in [-0.2, 0) is 16.3 Å². The van der Waals surface area contributed by atoms with Gasteiger partial charge in [-0.05, 0) is 44.0 Å². The van der Waals surface area contributed by atoms with Gasteiger partial charge >= 0.3 is 0 Å². The number of rotatable bonds is 10. The summed E-state index contributed by atoms with van der Waals surface area (Å²) in [6.45, 7) is 7.35. The van der Waals surface area contributed by atoms with Crippen molar-refractivity contribution in [2.24, 2.45) is 0 Å². The third-order valence-corrected chi connectivity index (χ3v) is 5.12. The highest BCUT2D eigenvalue weighted by atomic mass is 32.2. The van der Waals surface area contributed by atoms with E-state index in [4.69, 9.17) is 4.74 Å². The number of benzene rings is 1. The highest BCUT2D eigenvalue weighted by Gasteiger charge is 2.07. The predicted molar refractivity (Wildman–Crippen MR) is 87.7 cm³/mol. The van der Waals surface area contributed by atoms with Gasteiger partial charge in [-0.1, -0.05) is 26.0 Å². The molecule has 21 heavy (non-hydrogen) atoms. The van der Waals surface area contributed by atoms with E-state index in [1.54, 1.807) is 6.92 Å². The second-order valence-corrected chi connectivity index (χ2v) is 7.72. The molecule has 1 N–H and O–H groups in total. The first-order valence-electron chi connectivity index (χ1n) is 7.62. The average Bonchev–Trinajstić information content (AvgIpc) is 2.45. The number of hydrogen-bond donors (Lipinski definition) is 1. The highest BCUT2D eigenvalue weighted by Crippen LogP contribution is 2.14. The normalized spacial score (nSPS) is 13.1. The van der Waals surface area contributed by atoms with Crippen molar-refractivity contribution in [2.45, 2.75) is 39.7 Å². The molecule has 0 saturated heterocycles. The summed E-state index contributed by atoms with van der Waals surface area (Å²) in [5, 5.41) is 3.38. The second-order valence-electron chi connectivity index (χ2n) is 5.25. The lowest BCUT2D eigenvalue weighted by atomic mass is 10.1. The van der Waals surface area contributed by atoms with Gasteiger partial charge in [0.1, 0.15) is 15.6 Å². The number of nitrogens with one attached hydrogen (secondary N) is 1. The van der Waals surface area contributed by atoms with Crippen molar-refractivity contribution in [3.05, 3.63) is 29.8 Å². The first-order chi connectivity index (χ1) is 9.96. The molecule has 0 aliphatic rings. The van der Waals surface area contributed by atoms with Crippen LogP contribution in [0.5, 0.6) is 5.75 Å². The third-order valence-electron chi connectivity index (χ3n) is 3.33. The van der Waals surface area contributed by atoms with Crippen molar-refractivity contribution in [1.29, 1.82) is 0 Å². The van der Waals surface area contributed by atoms with Gasteiger partial charge in [0, 0.05) is 11.8 Å². The lowest BCUT2D eigenvalue weighted by Gasteiger charge is -2.12. The Hall–Kier alpha value is -1.07. The summed E-state index contributed by atoms with van der Waals surface area (Å²) >= 11 is 0. The number of hydrogen-bond acceptors (Lipinski definition) is 4. The zero-order valence-corrected chi connectivity index (χ0v) is 14.1. The molecule has 0 saturated carbocycles. The molecule has 4 nitrogen and oxygen atoms in total. The van der Waals surface area contributed by atoms with Crippen LogP contribution in [0, 0.1) is 0 Å². The van der Waals surface area contributed by atoms with E-state index in [0.29, 0.717) is 19.1 Å². The lowest BCUT2D eigenvalue weighted by molar-refractivity contribution is 0.317. The van der Waals surface area contributed by atoms with Gasteiger partial charge < -0.3 is 10.1 Å². The van der Waals surface area contributed by atoms with Gasteiger partial charge in [-0.15, -0.1) is 0 Å². The van der Waals surface area contributed by atoms with Crippen molar-refractivity contribution in [1.82, 2.24) is 5.32 Å². The Balaban J connectivity index is 2.34. The van der Waals surface area contributed by atoms with Crippen molar-refractivity contribution < 1.29 is 13.2 Å². The zero-order valence-electron chi connectivity index (χ0n) is 13.3. The molecule has 0 aliphatic heterocycles. The molecule has 0 aliphatic carbocycles. The standard InChI is InChI=1S/C16H27NO3S/c1-4-17-14(3)13-15-7-9-16(10-8-15)20-11-6-12-21(18,19)5-2/h7-10,14,17H,4-6,11-13H2,1-3H3. The quantitative estimate of drug-likeness (QED) is 0.674. The third kappa shape index (κ3) is 7.48. The van der Waals surface area contributed by atoms with E-state index in [1.165, 1.54) is 5.56 Å². The van der Waals surface area contributed by atoms with E-state index in [-0.39, 0.29) is 11.5 Å². The van der Waals surface area contributed by atoms with Crippen LogP contribution >= 0.6 is 0 Å². The molecule has 0 heterocycles. The van der Waals surface area contributed by atoms with Crippen LogP contribution in [0.3, 0.4) is 0 Å². The van der Waals surface area contributed by atoms with Crippen LogP contribution in [0.15, 0.2) is 24.3 Å². The molecule has 5 heteroatoms. The number of ether oxygens (including phenoxy) is 1. The molecule has 120 valence electrons. The second kappa shape index (κ2) is 9.05. The molecule has 0 fully saturated rings. The summed E-state index contributed by atoms with van der Waals surface area (Å²) in [4.78, 5) is 0. The Morgan fingerprint density at radius 1 is 1.19 bits per heavy atom. The fraction of sp³-hybridized carbons (Fsp3) is 0.625. The topological polar surface area (TPSA) is 55.4 Å². The summed E-state index contributed by atoms with van der Waals surface area (Å²) in [6, 6.07) is 8.48. The van der Waals surface area contributed by atoms with Crippen molar-refractivity contribution in [2.75, 3.05) is 24.7 Å². The Kier molecular flexibility index (Phi) is 7.75. The Morgan fingerprint density at radius 3 is 2.43 bits per heavy atom. The molecule has 0 bridgehead atoms. The first-order valence-corrected chi connectivity index (χ1v) is 9.44. The number of likely N-dealkylation sites (N-methyl/N-ethyl adjacent to an activating group) is 1. The van der Waals surface area contributed by atoms with Crippen LogP contribution in [-0.4, -0.2) is 39.1 Å². The van der Waals surface area contributed by atoms with Gasteiger partial charge in [0.05, 0.1) is 12.4 Å². The maximum Gasteiger partial charge on any atom is 0.150 e. The van der Waals surface area contributed by atoms with E-state index in [2.05, 4.69) is 31.3 Å². The van der Waals surface area contributed by atoms with Gasteiger partial charge in [0.2, 0.25) is 0 Å². The lowest BCUT2D eigenvalue weighted by Crippen LogP contribution is -2.27. The largest absolute Gasteiger partial charge is 0.494 e. The summed E-state index contributed by atoms with van der Waals surface area (Å²) in [5.74, 6) is 1.19. The Morgan fingerprint density at radius 2 is 1.86 bits per heavy atom. The van der Waals surface area contributed by atoms with Gasteiger partial charge in [0.25, 0.3) is 0 Å². The van der Waals surface area contributed by atoms with Crippen LogP contribution in [0.2, 0.25) is 0 Å². The van der Waals surface area contributed by atoms with Gasteiger partial charge in [0.15, 0.2) is 0 Å². The summed E-state index contributed by atoms with van der Waals surface area (Å²) in [6.07, 6.45) is 1.53. The van der Waals surface area contributed by atoms with Crippen molar-refractivity contribution in [3.63, 3.8) is 0 Å². The monoisotopic (exact) mass is 313 g/mol. The minimum Gasteiger partial charge on any atom is -0.494 e. The minimum absolute atomic E-state index is 0.196. The maximum absolute atomic E-state index is 11.3. The fourth-order valence-corrected chi connectivity index (χ4v) is 2.96. The van der Waals surface area contributed by atoms with Crippen molar-refractivity contribution >= 4 is 9.84 Å². The molecular weight excluding hydrogens is 286 g/mol. The van der Waals surface area contributed by atoms with E-state index >= 15 is 0 Å². The molecule has 0 amide bonds. The van der Waals surface area contributed by atoms with Crippen LogP contribution < -0.4 is 10.1 Å². The van der Waals surface area contributed by atoms with Crippen LogP contribution in [0.25, 0.3) is 0 Å². The molecule has 1 aromatic rings. The predicted octanol–water partition coefficient (Wildman–Crippen LogP) is 2.43. The van der Waals surface area contributed by atoms with Crippen LogP contribution in [0.1, 0.15) is 32.8 Å². The van der Waals surface area contributed by atoms with Gasteiger partial charge in [-0.25, -0.2) is 8.42 Å². The molecule has 1 unspecified atom stereocenters. The average molecular weight is 313 g/mol. The molecule has 1 rings (SSSR count). The number of sulfone groups is 1. The molecule has 1 atom stereocenters. The smallest absolute Gasteiger partial charge is 0.150 e. The van der Waals surface area contributed by atoms with E-state index < -0.39 is 9.84 Å². The van der Waals surface area contributed by atoms with Crippen LogP contribution in [0.4, 0.5) is 0 Å². The minimum atomic E-state index is -2.89. The highest BCUT2D eigenvalue weighted by molar-refractivity contribution is 7.91. The van der Waals surface area contributed by atoms with E-state index in [1.807, 2.05) is 12.1 Å². The zero-order chi connectivity index (χ0) is 15.7. The molecule has 0 spiro atoms. The summed E-state index contributed by atoms with van der Waals surface area (Å²) < 4.78 is 28.3. The molecule has 0 aromatic heterocycles. The Bertz CT molecular complexity index is 497. The summed E-state index contributed by atoms with van der Waals surface area (Å²) in [7, 11) is -2.89. The molecular formula is C16H27NO3S. The summed E-state index contributed by atoms with van der Waals surface area (Å²) in [5.41, 5.74) is 1.27. The maximum atomic E-state index is 11.3. The SMILES string of the molecule is CCNC(C)Cc1ccc(OCCCS(=O)(=O)CC)cc1. The fourth-order valence-electron chi connectivity index (χ4n) is 2.11. The Labute approximate surface area is 128 Å². The molecule has 0 radical (unpaired) electrons. The molecule has 1 aromatic carbocycles. The van der Waals surface area contributed by atoms with E-state index in [0.717, 1.165) is 18.7 Å².